The number of terminal acetylenes is 1. The van der Waals surface area contributed by atoms with Crippen LogP contribution in [-0.4, -0.2) is 26.9 Å². The number of ether oxygens (including phenoxy) is 1. The van der Waals surface area contributed by atoms with Crippen LogP contribution in [0.25, 0.3) is 0 Å². The molecule has 0 spiro atoms. The molecule has 0 bridgehead atoms. The van der Waals surface area contributed by atoms with E-state index in [-0.39, 0.29) is 5.25 Å². The highest BCUT2D eigenvalue weighted by molar-refractivity contribution is 7.93. The second-order valence-corrected chi connectivity index (χ2v) is 6.14. The minimum atomic E-state index is -3.36. The highest BCUT2D eigenvalue weighted by Crippen LogP contribution is 2.19. The van der Waals surface area contributed by atoms with E-state index < -0.39 is 10.0 Å². The van der Waals surface area contributed by atoms with Gasteiger partial charge in [0, 0.05) is 24.5 Å². The summed E-state index contributed by atoms with van der Waals surface area (Å²) in [4.78, 5) is 0. The summed E-state index contributed by atoms with van der Waals surface area (Å²) in [6.45, 7) is 0.992. The number of benzene rings is 1. The number of sulfonamides is 1. The molecule has 1 aliphatic heterocycles. The van der Waals surface area contributed by atoms with Crippen LogP contribution < -0.4 is 4.72 Å². The normalized spacial score (nSPS) is 17.1. The number of hydrogen-bond donors (Lipinski definition) is 1. The van der Waals surface area contributed by atoms with Gasteiger partial charge in [0.05, 0.1) is 5.25 Å². The first-order chi connectivity index (χ1) is 8.62. The molecular weight excluding hydrogens is 250 g/mol. The second-order valence-electron chi connectivity index (χ2n) is 4.18. The second kappa shape index (κ2) is 5.42. The Morgan fingerprint density at radius 3 is 2.72 bits per heavy atom. The van der Waals surface area contributed by atoms with Gasteiger partial charge in [-0.2, -0.15) is 0 Å². The van der Waals surface area contributed by atoms with E-state index in [0.717, 1.165) is 0 Å². The van der Waals surface area contributed by atoms with Crippen molar-refractivity contribution in [3.05, 3.63) is 29.8 Å². The van der Waals surface area contributed by atoms with E-state index in [1.807, 2.05) is 0 Å². The van der Waals surface area contributed by atoms with E-state index in [4.69, 9.17) is 11.2 Å². The summed E-state index contributed by atoms with van der Waals surface area (Å²) in [7, 11) is -3.36. The van der Waals surface area contributed by atoms with E-state index in [2.05, 4.69) is 10.6 Å². The molecule has 0 unspecified atom stereocenters. The van der Waals surface area contributed by atoms with Crippen molar-refractivity contribution in [1.82, 2.24) is 0 Å². The van der Waals surface area contributed by atoms with E-state index >= 15 is 0 Å². The lowest BCUT2D eigenvalue weighted by molar-refractivity contribution is 0.0984. The van der Waals surface area contributed by atoms with Crippen molar-refractivity contribution in [2.45, 2.75) is 18.1 Å². The molecular formula is C13H15NO3S. The van der Waals surface area contributed by atoms with Gasteiger partial charge in [0.25, 0.3) is 0 Å². The van der Waals surface area contributed by atoms with Gasteiger partial charge in [-0.15, -0.1) is 6.42 Å². The molecule has 0 atom stereocenters. The molecule has 1 N–H and O–H groups in total. The van der Waals surface area contributed by atoms with Crippen LogP contribution >= 0.6 is 0 Å². The zero-order valence-corrected chi connectivity index (χ0v) is 10.7. The lowest BCUT2D eigenvalue weighted by atomic mass is 10.2. The Hall–Kier alpha value is -1.51. The average Bonchev–Trinajstić information content (AvgIpc) is 2.39. The van der Waals surface area contributed by atoms with Crippen LogP contribution in [0.1, 0.15) is 18.4 Å². The Bertz CT molecular complexity index is 554. The molecule has 1 aromatic carbocycles. The summed E-state index contributed by atoms with van der Waals surface area (Å²) in [5.41, 5.74) is 1.17. The standard InChI is InChI=1S/C13H15NO3S/c1-2-11-4-3-5-12(10-11)14-18(15,16)13-6-8-17-9-7-13/h1,3-5,10,13-14H,6-9H2. The van der Waals surface area contributed by atoms with Crippen LogP contribution in [0.15, 0.2) is 24.3 Å². The molecule has 0 aromatic heterocycles. The molecule has 4 nitrogen and oxygen atoms in total. The van der Waals surface area contributed by atoms with Gasteiger partial charge >= 0.3 is 0 Å². The van der Waals surface area contributed by atoms with Crippen molar-refractivity contribution in [1.29, 1.82) is 0 Å². The summed E-state index contributed by atoms with van der Waals surface area (Å²) < 4.78 is 32.0. The number of rotatable bonds is 3. The van der Waals surface area contributed by atoms with Gasteiger partial charge in [-0.1, -0.05) is 12.0 Å². The van der Waals surface area contributed by atoms with Crippen molar-refractivity contribution >= 4 is 15.7 Å². The number of anilines is 1. The largest absolute Gasteiger partial charge is 0.381 e. The molecule has 1 aromatic rings. The molecule has 18 heavy (non-hydrogen) atoms. The zero-order valence-electron chi connectivity index (χ0n) is 9.93. The summed E-state index contributed by atoms with van der Waals surface area (Å²) in [5.74, 6) is 2.48. The van der Waals surface area contributed by atoms with Crippen LogP contribution in [0.3, 0.4) is 0 Å². The maximum absolute atomic E-state index is 12.1. The zero-order chi connectivity index (χ0) is 13.0. The minimum Gasteiger partial charge on any atom is -0.381 e. The Morgan fingerprint density at radius 2 is 2.06 bits per heavy atom. The van der Waals surface area contributed by atoms with Gasteiger partial charge in [-0.05, 0) is 31.0 Å². The molecule has 96 valence electrons. The van der Waals surface area contributed by atoms with Crippen LogP contribution in [-0.2, 0) is 14.8 Å². The first-order valence-electron chi connectivity index (χ1n) is 5.78. The van der Waals surface area contributed by atoms with Crippen LogP contribution in [0, 0.1) is 12.3 Å². The van der Waals surface area contributed by atoms with E-state index in [0.29, 0.717) is 37.3 Å². The van der Waals surface area contributed by atoms with Gasteiger partial charge in [-0.25, -0.2) is 8.42 Å². The molecule has 5 heteroatoms. The predicted octanol–water partition coefficient (Wildman–Crippen LogP) is 1.59. The van der Waals surface area contributed by atoms with Gasteiger partial charge in [0.2, 0.25) is 10.0 Å². The highest BCUT2D eigenvalue weighted by atomic mass is 32.2. The molecule has 0 radical (unpaired) electrons. The first-order valence-corrected chi connectivity index (χ1v) is 7.32. The molecule has 2 rings (SSSR count). The van der Waals surface area contributed by atoms with Gasteiger partial charge < -0.3 is 4.74 Å². The maximum atomic E-state index is 12.1. The SMILES string of the molecule is C#Cc1cccc(NS(=O)(=O)C2CCOCC2)c1. The Labute approximate surface area is 107 Å². The molecule has 0 aliphatic carbocycles. The molecule has 0 saturated carbocycles. The van der Waals surface area contributed by atoms with E-state index in [1.165, 1.54) is 0 Å². The van der Waals surface area contributed by atoms with E-state index in [1.54, 1.807) is 24.3 Å². The summed E-state index contributed by atoms with van der Waals surface area (Å²) >= 11 is 0. The van der Waals surface area contributed by atoms with Crippen molar-refractivity contribution in [3.8, 4) is 12.3 Å². The lowest BCUT2D eigenvalue weighted by Crippen LogP contribution is -2.33. The molecule has 1 saturated heterocycles. The highest BCUT2D eigenvalue weighted by Gasteiger charge is 2.27. The summed E-state index contributed by atoms with van der Waals surface area (Å²) in [6.07, 6.45) is 6.35. The van der Waals surface area contributed by atoms with Gasteiger partial charge in [-0.3, -0.25) is 4.72 Å². The van der Waals surface area contributed by atoms with Crippen LogP contribution in [0.5, 0.6) is 0 Å². The minimum absolute atomic E-state index is 0.388. The lowest BCUT2D eigenvalue weighted by Gasteiger charge is -2.22. The maximum Gasteiger partial charge on any atom is 0.235 e. The van der Waals surface area contributed by atoms with Crippen molar-refractivity contribution in [2.24, 2.45) is 0 Å². The topological polar surface area (TPSA) is 55.4 Å². The molecule has 1 heterocycles. The molecule has 1 fully saturated rings. The fourth-order valence-electron chi connectivity index (χ4n) is 1.91. The smallest absolute Gasteiger partial charge is 0.235 e. The average molecular weight is 265 g/mol. The third-order valence-corrected chi connectivity index (χ3v) is 4.77. The predicted molar refractivity (Wildman–Crippen MR) is 70.8 cm³/mol. The fraction of sp³-hybridized carbons (Fsp3) is 0.385. The quantitative estimate of drug-likeness (QED) is 0.844. The van der Waals surface area contributed by atoms with Crippen molar-refractivity contribution < 1.29 is 13.2 Å². The van der Waals surface area contributed by atoms with Crippen LogP contribution in [0.4, 0.5) is 5.69 Å². The third kappa shape index (κ3) is 3.03. The fourth-order valence-corrected chi connectivity index (χ4v) is 3.34. The van der Waals surface area contributed by atoms with Crippen molar-refractivity contribution in [2.75, 3.05) is 17.9 Å². The Morgan fingerprint density at radius 1 is 1.33 bits per heavy atom. The third-order valence-electron chi connectivity index (χ3n) is 2.90. The molecule has 1 aliphatic rings. The van der Waals surface area contributed by atoms with Gasteiger partial charge in [0.1, 0.15) is 0 Å². The van der Waals surface area contributed by atoms with E-state index in [9.17, 15) is 8.42 Å². The Kier molecular flexibility index (Phi) is 3.90. The number of nitrogens with one attached hydrogen (secondary N) is 1. The number of hydrogen-bond acceptors (Lipinski definition) is 3. The summed E-state index contributed by atoms with van der Waals surface area (Å²) in [6, 6.07) is 6.83. The van der Waals surface area contributed by atoms with Crippen molar-refractivity contribution in [3.63, 3.8) is 0 Å². The molecule has 0 amide bonds. The summed E-state index contributed by atoms with van der Waals surface area (Å²) in [5, 5.41) is -0.388. The first kappa shape index (κ1) is 12.9. The van der Waals surface area contributed by atoms with Crippen LogP contribution in [0.2, 0.25) is 0 Å². The Balaban J connectivity index is 2.14. The monoisotopic (exact) mass is 265 g/mol. The van der Waals surface area contributed by atoms with Gasteiger partial charge in [0.15, 0.2) is 0 Å².